The topological polar surface area (TPSA) is 51.8 Å². The van der Waals surface area contributed by atoms with Crippen molar-refractivity contribution in [3.63, 3.8) is 0 Å². The number of nitrogens with two attached hydrogens (primary N) is 1. The van der Waals surface area contributed by atoms with E-state index in [0.717, 1.165) is 21.0 Å². The minimum Gasteiger partial charge on any atom is -0.383 e. The summed E-state index contributed by atoms with van der Waals surface area (Å²) in [6, 6.07) is 0. The normalized spacial score (nSPS) is 26.1. The first-order valence-electron chi connectivity index (χ1n) is 4.39. The maximum atomic E-state index is 5.77. The van der Waals surface area contributed by atoms with Gasteiger partial charge in [-0.1, -0.05) is 6.92 Å². The number of rotatable bonds is 1. The van der Waals surface area contributed by atoms with E-state index in [1.165, 1.54) is 6.42 Å². The molecule has 2 unspecified atom stereocenters. The Hall–Kier alpha value is -0.390. The Morgan fingerprint density at radius 2 is 2.08 bits per heavy atom. The molecule has 1 aromatic heterocycles. The molecule has 1 saturated carbocycles. The quantitative estimate of drug-likeness (QED) is 0.805. The van der Waals surface area contributed by atoms with Crippen molar-refractivity contribution in [2.75, 3.05) is 5.73 Å². The smallest absolute Gasteiger partial charge is 0.140 e. The number of nitrogen functional groups attached to an aromatic ring is 1. The maximum absolute atomic E-state index is 5.77. The van der Waals surface area contributed by atoms with Gasteiger partial charge in [0.25, 0.3) is 0 Å². The molecule has 3 nitrogen and oxygen atoms in total. The maximum Gasteiger partial charge on any atom is 0.140 e. The third-order valence-corrected chi connectivity index (χ3v) is 3.83. The van der Waals surface area contributed by atoms with Gasteiger partial charge in [-0.2, -0.15) is 0 Å². The molecule has 1 aliphatic carbocycles. The van der Waals surface area contributed by atoms with Crippen molar-refractivity contribution in [2.24, 2.45) is 5.92 Å². The summed E-state index contributed by atoms with van der Waals surface area (Å²) in [5, 5.41) is 0. The second-order valence-electron chi connectivity index (χ2n) is 3.69. The standard InChI is InChI=1S/C9H12IN3/c1-4-3-6(4)9-12-5(2)7(10)8(11)13-9/h4,6H,3H2,1-2H3,(H2,11,12,13). The van der Waals surface area contributed by atoms with Crippen LogP contribution >= 0.6 is 22.6 Å². The number of aromatic nitrogens is 2. The monoisotopic (exact) mass is 289 g/mol. The number of hydrogen-bond acceptors (Lipinski definition) is 3. The molecule has 0 spiro atoms. The number of nitrogens with zero attached hydrogens (tertiary/aromatic N) is 2. The van der Waals surface area contributed by atoms with Gasteiger partial charge in [-0.25, -0.2) is 9.97 Å². The molecule has 70 valence electrons. The summed E-state index contributed by atoms with van der Waals surface area (Å²) in [6.45, 7) is 4.20. The van der Waals surface area contributed by atoms with Gasteiger partial charge in [0, 0.05) is 5.92 Å². The molecular formula is C9H12IN3. The van der Waals surface area contributed by atoms with Crippen LogP contribution in [0.15, 0.2) is 0 Å². The fourth-order valence-electron chi connectivity index (χ4n) is 1.45. The average Bonchev–Trinajstić information content (AvgIpc) is 2.77. The molecule has 2 N–H and O–H groups in total. The van der Waals surface area contributed by atoms with Crippen molar-refractivity contribution in [2.45, 2.75) is 26.2 Å². The Labute approximate surface area is 91.3 Å². The molecule has 1 fully saturated rings. The van der Waals surface area contributed by atoms with Crippen LogP contribution in [-0.2, 0) is 0 Å². The van der Waals surface area contributed by atoms with Gasteiger partial charge in [-0.3, -0.25) is 0 Å². The van der Waals surface area contributed by atoms with Crippen LogP contribution in [-0.4, -0.2) is 9.97 Å². The van der Waals surface area contributed by atoms with Crippen LogP contribution in [0.2, 0.25) is 0 Å². The molecule has 2 rings (SSSR count). The van der Waals surface area contributed by atoms with E-state index in [4.69, 9.17) is 5.73 Å². The van der Waals surface area contributed by atoms with Crippen LogP contribution < -0.4 is 5.73 Å². The molecular weight excluding hydrogens is 277 g/mol. The van der Waals surface area contributed by atoms with Gasteiger partial charge in [0.15, 0.2) is 0 Å². The van der Waals surface area contributed by atoms with Crippen LogP contribution in [0.25, 0.3) is 0 Å². The van der Waals surface area contributed by atoms with Crippen LogP contribution in [0.3, 0.4) is 0 Å². The van der Waals surface area contributed by atoms with Crippen molar-refractivity contribution in [3.8, 4) is 0 Å². The predicted octanol–water partition coefficient (Wildman–Crippen LogP) is 2.10. The SMILES string of the molecule is Cc1nc(C2CC2C)nc(N)c1I. The molecule has 0 bridgehead atoms. The number of halogens is 1. The summed E-state index contributed by atoms with van der Waals surface area (Å²) in [5.41, 5.74) is 6.78. The predicted molar refractivity (Wildman–Crippen MR) is 60.4 cm³/mol. The van der Waals surface area contributed by atoms with E-state index in [0.29, 0.717) is 11.7 Å². The van der Waals surface area contributed by atoms with Gasteiger partial charge in [-0.05, 0) is 41.9 Å². The summed E-state index contributed by atoms with van der Waals surface area (Å²) >= 11 is 2.18. The van der Waals surface area contributed by atoms with Gasteiger partial charge < -0.3 is 5.73 Å². The van der Waals surface area contributed by atoms with Crippen LogP contribution in [0.1, 0.15) is 30.8 Å². The highest BCUT2D eigenvalue weighted by Crippen LogP contribution is 2.45. The van der Waals surface area contributed by atoms with Gasteiger partial charge in [0.1, 0.15) is 11.6 Å². The Balaban J connectivity index is 2.39. The van der Waals surface area contributed by atoms with Gasteiger partial charge in [0.2, 0.25) is 0 Å². The van der Waals surface area contributed by atoms with Gasteiger partial charge in [-0.15, -0.1) is 0 Å². The summed E-state index contributed by atoms with van der Waals surface area (Å²) in [7, 11) is 0. The second-order valence-corrected chi connectivity index (χ2v) is 4.76. The summed E-state index contributed by atoms with van der Waals surface area (Å²) < 4.78 is 0.981. The van der Waals surface area contributed by atoms with Crippen LogP contribution in [0.4, 0.5) is 5.82 Å². The van der Waals surface area contributed by atoms with Crippen molar-refractivity contribution in [3.05, 3.63) is 15.1 Å². The third-order valence-electron chi connectivity index (χ3n) is 2.50. The molecule has 0 saturated heterocycles. The number of anilines is 1. The molecule has 1 aromatic rings. The lowest BCUT2D eigenvalue weighted by Gasteiger charge is -2.04. The zero-order chi connectivity index (χ0) is 9.59. The lowest BCUT2D eigenvalue weighted by molar-refractivity contribution is 0.833. The van der Waals surface area contributed by atoms with E-state index in [1.807, 2.05) is 6.92 Å². The lowest BCUT2D eigenvalue weighted by Crippen LogP contribution is -2.04. The summed E-state index contributed by atoms with van der Waals surface area (Å²) in [5.74, 6) is 2.85. The van der Waals surface area contributed by atoms with E-state index in [9.17, 15) is 0 Å². The van der Waals surface area contributed by atoms with Crippen LogP contribution in [0, 0.1) is 16.4 Å². The summed E-state index contributed by atoms with van der Waals surface area (Å²) in [4.78, 5) is 8.75. The highest BCUT2D eigenvalue weighted by molar-refractivity contribution is 14.1. The number of aryl methyl sites for hydroxylation is 1. The summed E-state index contributed by atoms with van der Waals surface area (Å²) in [6.07, 6.45) is 1.21. The molecule has 0 radical (unpaired) electrons. The second kappa shape index (κ2) is 3.08. The van der Waals surface area contributed by atoms with E-state index in [2.05, 4.69) is 39.5 Å². The lowest BCUT2D eigenvalue weighted by atomic mass is 10.3. The zero-order valence-electron chi connectivity index (χ0n) is 7.71. The molecule has 0 aliphatic heterocycles. The minimum atomic E-state index is 0.554. The van der Waals surface area contributed by atoms with Gasteiger partial charge >= 0.3 is 0 Å². The Morgan fingerprint density at radius 1 is 1.46 bits per heavy atom. The van der Waals surface area contributed by atoms with E-state index in [-0.39, 0.29) is 0 Å². The largest absolute Gasteiger partial charge is 0.383 e. The first-order valence-corrected chi connectivity index (χ1v) is 5.47. The molecule has 0 amide bonds. The first kappa shape index (κ1) is 9.18. The Kier molecular flexibility index (Phi) is 2.17. The first-order chi connectivity index (χ1) is 6.09. The molecule has 1 aliphatic rings. The molecule has 0 aromatic carbocycles. The molecule has 4 heteroatoms. The molecule has 1 heterocycles. The average molecular weight is 289 g/mol. The van der Waals surface area contributed by atoms with Crippen molar-refractivity contribution >= 4 is 28.4 Å². The zero-order valence-corrected chi connectivity index (χ0v) is 9.87. The van der Waals surface area contributed by atoms with E-state index in [1.54, 1.807) is 0 Å². The number of hydrogen-bond donors (Lipinski definition) is 1. The fourth-order valence-corrected chi connectivity index (χ4v) is 1.69. The Bertz CT molecular complexity index is 328. The van der Waals surface area contributed by atoms with Gasteiger partial charge in [0.05, 0.1) is 9.26 Å². The van der Waals surface area contributed by atoms with Crippen molar-refractivity contribution in [1.29, 1.82) is 0 Å². The fraction of sp³-hybridized carbons (Fsp3) is 0.556. The van der Waals surface area contributed by atoms with E-state index < -0.39 is 0 Å². The highest BCUT2D eigenvalue weighted by atomic mass is 127. The van der Waals surface area contributed by atoms with E-state index >= 15 is 0 Å². The minimum absolute atomic E-state index is 0.554. The van der Waals surface area contributed by atoms with Crippen molar-refractivity contribution < 1.29 is 0 Å². The molecule has 13 heavy (non-hydrogen) atoms. The Morgan fingerprint density at radius 3 is 2.54 bits per heavy atom. The van der Waals surface area contributed by atoms with Crippen LogP contribution in [0.5, 0.6) is 0 Å². The molecule has 2 atom stereocenters. The highest BCUT2D eigenvalue weighted by Gasteiger charge is 2.36. The van der Waals surface area contributed by atoms with Crippen molar-refractivity contribution in [1.82, 2.24) is 9.97 Å². The third kappa shape index (κ3) is 1.63.